The average Bonchev–Trinajstić information content (AvgIpc) is 3.11. The van der Waals surface area contributed by atoms with Gasteiger partial charge < -0.3 is 15.4 Å². The second-order valence-electron chi connectivity index (χ2n) is 5.35. The van der Waals surface area contributed by atoms with Crippen LogP contribution >= 0.6 is 0 Å². The number of nitrogens with one attached hydrogen (secondary N) is 2. The molecule has 16 heavy (non-hydrogen) atoms. The molecule has 0 aromatic rings. The van der Waals surface area contributed by atoms with Gasteiger partial charge in [-0.2, -0.15) is 0 Å². The minimum absolute atomic E-state index is 0.504. The number of rotatable bonds is 7. The first-order valence-corrected chi connectivity index (χ1v) is 6.88. The Bertz CT molecular complexity index is 198. The molecular weight excluding hydrogens is 200 g/mol. The molecule has 0 aromatic heterocycles. The summed E-state index contributed by atoms with van der Waals surface area (Å²) in [6.45, 7) is 7.64. The molecule has 0 spiro atoms. The lowest BCUT2D eigenvalue weighted by Crippen LogP contribution is -2.34. The van der Waals surface area contributed by atoms with Crippen molar-refractivity contribution in [3.8, 4) is 0 Å². The van der Waals surface area contributed by atoms with Gasteiger partial charge in [0, 0.05) is 13.1 Å². The lowest BCUT2D eigenvalue weighted by Gasteiger charge is -2.23. The Morgan fingerprint density at radius 1 is 1.31 bits per heavy atom. The van der Waals surface area contributed by atoms with Crippen molar-refractivity contribution < 1.29 is 4.74 Å². The third-order valence-electron chi connectivity index (χ3n) is 4.13. The Kier molecular flexibility index (Phi) is 4.62. The lowest BCUT2D eigenvalue weighted by molar-refractivity contribution is 0.0344. The maximum absolute atomic E-state index is 5.85. The summed E-state index contributed by atoms with van der Waals surface area (Å²) in [5, 5.41) is 6.89. The third-order valence-corrected chi connectivity index (χ3v) is 4.13. The fraction of sp³-hybridized carbons (Fsp3) is 1.00. The Balaban J connectivity index is 1.45. The standard InChI is InChI=1S/C13H26N2O/c1-2-13(5-6-13)11-15-9-10-16-12-3-7-14-8-4-12/h12,14-15H,2-11H2,1H3. The zero-order chi connectivity index (χ0) is 11.3. The van der Waals surface area contributed by atoms with Crippen LogP contribution in [0.15, 0.2) is 0 Å². The van der Waals surface area contributed by atoms with E-state index in [0.717, 1.165) is 26.2 Å². The first-order valence-electron chi connectivity index (χ1n) is 6.88. The molecule has 0 bridgehead atoms. The molecule has 0 unspecified atom stereocenters. The van der Waals surface area contributed by atoms with E-state index in [2.05, 4.69) is 17.6 Å². The van der Waals surface area contributed by atoms with Gasteiger partial charge in [-0.05, 0) is 50.6 Å². The van der Waals surface area contributed by atoms with Gasteiger partial charge in [-0.25, -0.2) is 0 Å². The molecule has 2 fully saturated rings. The van der Waals surface area contributed by atoms with Gasteiger partial charge in [0.25, 0.3) is 0 Å². The third kappa shape index (κ3) is 3.72. The van der Waals surface area contributed by atoms with Crippen LogP contribution in [0, 0.1) is 5.41 Å². The van der Waals surface area contributed by atoms with Crippen LogP contribution in [-0.4, -0.2) is 38.9 Å². The quantitative estimate of drug-likeness (QED) is 0.646. The summed E-state index contributed by atoms with van der Waals surface area (Å²) in [5.74, 6) is 0. The van der Waals surface area contributed by atoms with Crippen molar-refractivity contribution in [1.29, 1.82) is 0 Å². The van der Waals surface area contributed by atoms with Crippen molar-refractivity contribution in [2.24, 2.45) is 5.41 Å². The highest BCUT2D eigenvalue weighted by atomic mass is 16.5. The molecule has 0 aromatic carbocycles. The van der Waals surface area contributed by atoms with Gasteiger partial charge in [-0.1, -0.05) is 6.92 Å². The SMILES string of the molecule is CCC1(CNCCOC2CCNCC2)CC1. The lowest BCUT2D eigenvalue weighted by atomic mass is 10.0. The van der Waals surface area contributed by atoms with Crippen molar-refractivity contribution in [3.63, 3.8) is 0 Å². The molecule has 1 saturated carbocycles. The fourth-order valence-corrected chi connectivity index (χ4v) is 2.45. The number of piperidine rings is 1. The van der Waals surface area contributed by atoms with Crippen LogP contribution in [0.5, 0.6) is 0 Å². The minimum Gasteiger partial charge on any atom is -0.377 e. The predicted octanol–water partition coefficient (Wildman–Crippen LogP) is 1.53. The molecule has 1 aliphatic heterocycles. The molecule has 0 radical (unpaired) electrons. The number of ether oxygens (including phenoxy) is 1. The molecule has 1 aliphatic carbocycles. The van der Waals surface area contributed by atoms with Crippen molar-refractivity contribution in [1.82, 2.24) is 10.6 Å². The minimum atomic E-state index is 0.504. The molecule has 3 heteroatoms. The Morgan fingerprint density at radius 2 is 2.06 bits per heavy atom. The van der Waals surface area contributed by atoms with Crippen molar-refractivity contribution in [2.75, 3.05) is 32.8 Å². The molecule has 1 heterocycles. The van der Waals surface area contributed by atoms with Gasteiger partial charge in [-0.3, -0.25) is 0 Å². The predicted molar refractivity (Wildman–Crippen MR) is 66.7 cm³/mol. The molecular formula is C13H26N2O. The van der Waals surface area contributed by atoms with E-state index < -0.39 is 0 Å². The summed E-state index contributed by atoms with van der Waals surface area (Å²) in [6, 6.07) is 0. The zero-order valence-corrected chi connectivity index (χ0v) is 10.6. The molecule has 2 rings (SSSR count). The maximum atomic E-state index is 5.85. The Hall–Kier alpha value is -0.120. The van der Waals surface area contributed by atoms with E-state index in [-0.39, 0.29) is 0 Å². The van der Waals surface area contributed by atoms with Crippen LogP contribution in [0.3, 0.4) is 0 Å². The van der Waals surface area contributed by atoms with Gasteiger partial charge in [-0.15, -0.1) is 0 Å². The van der Waals surface area contributed by atoms with Crippen molar-refractivity contribution >= 4 is 0 Å². The van der Waals surface area contributed by atoms with E-state index in [9.17, 15) is 0 Å². The molecule has 3 nitrogen and oxygen atoms in total. The van der Waals surface area contributed by atoms with Crippen LogP contribution in [0.4, 0.5) is 0 Å². The summed E-state index contributed by atoms with van der Waals surface area (Å²) >= 11 is 0. The summed E-state index contributed by atoms with van der Waals surface area (Å²) in [7, 11) is 0. The molecule has 0 atom stereocenters. The Morgan fingerprint density at radius 3 is 2.69 bits per heavy atom. The zero-order valence-electron chi connectivity index (χ0n) is 10.6. The van der Waals surface area contributed by atoms with E-state index in [1.165, 1.54) is 38.6 Å². The normalized spacial score (nSPS) is 24.6. The van der Waals surface area contributed by atoms with Gasteiger partial charge >= 0.3 is 0 Å². The highest BCUT2D eigenvalue weighted by Crippen LogP contribution is 2.47. The van der Waals surface area contributed by atoms with Crippen LogP contribution < -0.4 is 10.6 Å². The van der Waals surface area contributed by atoms with E-state index in [4.69, 9.17) is 4.74 Å². The van der Waals surface area contributed by atoms with Gasteiger partial charge in [0.2, 0.25) is 0 Å². The summed E-state index contributed by atoms with van der Waals surface area (Å²) in [6.07, 6.45) is 7.04. The van der Waals surface area contributed by atoms with Crippen molar-refractivity contribution in [3.05, 3.63) is 0 Å². The number of hydrogen-bond donors (Lipinski definition) is 2. The second kappa shape index (κ2) is 5.99. The van der Waals surface area contributed by atoms with Crippen molar-refractivity contribution in [2.45, 2.75) is 45.1 Å². The maximum Gasteiger partial charge on any atom is 0.0600 e. The monoisotopic (exact) mass is 226 g/mol. The molecule has 2 N–H and O–H groups in total. The number of hydrogen-bond acceptors (Lipinski definition) is 3. The average molecular weight is 226 g/mol. The summed E-state index contributed by atoms with van der Waals surface area (Å²) in [4.78, 5) is 0. The highest BCUT2D eigenvalue weighted by molar-refractivity contribution is 4.93. The topological polar surface area (TPSA) is 33.3 Å². The van der Waals surface area contributed by atoms with E-state index in [1.54, 1.807) is 0 Å². The van der Waals surface area contributed by atoms with Crippen LogP contribution in [0.25, 0.3) is 0 Å². The first-order chi connectivity index (χ1) is 7.85. The summed E-state index contributed by atoms with van der Waals surface area (Å²) < 4.78 is 5.85. The van der Waals surface area contributed by atoms with E-state index >= 15 is 0 Å². The van der Waals surface area contributed by atoms with Crippen LogP contribution in [-0.2, 0) is 4.74 Å². The molecule has 2 aliphatic rings. The largest absolute Gasteiger partial charge is 0.377 e. The van der Waals surface area contributed by atoms with E-state index in [0.29, 0.717) is 11.5 Å². The van der Waals surface area contributed by atoms with E-state index in [1.807, 2.05) is 0 Å². The van der Waals surface area contributed by atoms with Gasteiger partial charge in [0.15, 0.2) is 0 Å². The molecule has 0 amide bonds. The van der Waals surface area contributed by atoms with Gasteiger partial charge in [0.1, 0.15) is 0 Å². The highest BCUT2D eigenvalue weighted by Gasteiger charge is 2.39. The fourth-order valence-electron chi connectivity index (χ4n) is 2.45. The summed E-state index contributed by atoms with van der Waals surface area (Å²) in [5.41, 5.74) is 0.661. The van der Waals surface area contributed by atoms with Crippen LogP contribution in [0.1, 0.15) is 39.0 Å². The van der Waals surface area contributed by atoms with Gasteiger partial charge in [0.05, 0.1) is 12.7 Å². The first kappa shape index (κ1) is 12.3. The smallest absolute Gasteiger partial charge is 0.0600 e. The Labute approximate surface area is 99.3 Å². The second-order valence-corrected chi connectivity index (χ2v) is 5.35. The molecule has 94 valence electrons. The molecule has 1 saturated heterocycles. The van der Waals surface area contributed by atoms with Crippen LogP contribution in [0.2, 0.25) is 0 Å².